The van der Waals surface area contributed by atoms with Gasteiger partial charge in [0.1, 0.15) is 5.84 Å². The van der Waals surface area contributed by atoms with E-state index >= 15 is 0 Å². The average molecular weight is 253 g/mol. The number of rotatable bonds is 2. The largest absolute Gasteiger partial charge is 0.384 e. The van der Waals surface area contributed by atoms with Crippen LogP contribution in [0.4, 0.5) is 5.69 Å². The minimum Gasteiger partial charge on any atom is -0.384 e. The lowest BCUT2D eigenvalue weighted by Crippen LogP contribution is -2.29. The van der Waals surface area contributed by atoms with Crippen LogP contribution < -0.4 is 10.6 Å². The quantitative estimate of drug-likeness (QED) is 0.638. The molecule has 0 saturated carbocycles. The molecule has 1 heterocycles. The molecular weight excluding hydrogens is 234 g/mol. The summed E-state index contributed by atoms with van der Waals surface area (Å²) < 4.78 is 0. The van der Waals surface area contributed by atoms with Gasteiger partial charge in [-0.1, -0.05) is 24.3 Å². The van der Waals surface area contributed by atoms with E-state index in [1.54, 1.807) is 0 Å². The monoisotopic (exact) mass is 253 g/mol. The van der Waals surface area contributed by atoms with E-state index in [0.29, 0.717) is 0 Å². The highest BCUT2D eigenvalue weighted by Crippen LogP contribution is 2.31. The lowest BCUT2D eigenvalue weighted by molar-refractivity contribution is 0.579. The molecule has 0 radical (unpaired) electrons. The molecule has 1 saturated heterocycles. The van der Waals surface area contributed by atoms with Crippen LogP contribution in [0.3, 0.4) is 0 Å². The minimum absolute atomic E-state index is 0.140. The van der Waals surface area contributed by atoms with Gasteiger partial charge >= 0.3 is 0 Å². The summed E-state index contributed by atoms with van der Waals surface area (Å²) in [5.41, 5.74) is 7.79. The third-order valence-corrected chi connectivity index (χ3v) is 3.89. The van der Waals surface area contributed by atoms with Crippen molar-refractivity contribution in [2.45, 2.75) is 19.3 Å². The van der Waals surface area contributed by atoms with Crippen molar-refractivity contribution in [3.63, 3.8) is 0 Å². The Balaban J connectivity index is 2.15. The van der Waals surface area contributed by atoms with Gasteiger partial charge in [0, 0.05) is 29.7 Å². The summed E-state index contributed by atoms with van der Waals surface area (Å²) in [7, 11) is 0. The van der Waals surface area contributed by atoms with Crippen molar-refractivity contribution >= 4 is 22.3 Å². The second-order valence-corrected chi connectivity index (χ2v) is 5.14. The highest BCUT2D eigenvalue weighted by atomic mass is 15.1. The standard InChI is InChI=1S/C16H19N3/c17-16(18)14-8-9-15(19-10-4-1-5-11-19)13-7-3-2-6-12(13)14/h2-3,6-9H,1,4-5,10-11H2,(H3,17,18). The summed E-state index contributed by atoms with van der Waals surface area (Å²) in [6, 6.07) is 12.3. The molecule has 98 valence electrons. The van der Waals surface area contributed by atoms with E-state index in [4.69, 9.17) is 11.1 Å². The van der Waals surface area contributed by atoms with Gasteiger partial charge < -0.3 is 10.6 Å². The number of nitrogens with two attached hydrogens (primary N) is 1. The first-order chi connectivity index (χ1) is 9.27. The lowest BCUT2D eigenvalue weighted by Gasteiger charge is -2.30. The van der Waals surface area contributed by atoms with E-state index in [-0.39, 0.29) is 5.84 Å². The number of benzene rings is 2. The van der Waals surface area contributed by atoms with Crippen molar-refractivity contribution in [3.05, 3.63) is 42.0 Å². The predicted octanol–water partition coefficient (Wildman–Crippen LogP) is 3.11. The smallest absolute Gasteiger partial charge is 0.123 e. The molecular formula is C16H19N3. The molecule has 3 N–H and O–H groups in total. The van der Waals surface area contributed by atoms with Crippen LogP contribution in [0.2, 0.25) is 0 Å². The van der Waals surface area contributed by atoms with Gasteiger partial charge in [-0.3, -0.25) is 5.41 Å². The van der Waals surface area contributed by atoms with Crippen molar-refractivity contribution in [2.75, 3.05) is 18.0 Å². The fraction of sp³-hybridized carbons (Fsp3) is 0.312. The molecule has 0 amide bonds. The van der Waals surface area contributed by atoms with Crippen LogP contribution in [0, 0.1) is 5.41 Å². The molecule has 2 aromatic carbocycles. The fourth-order valence-corrected chi connectivity index (χ4v) is 2.93. The van der Waals surface area contributed by atoms with Crippen molar-refractivity contribution in [2.24, 2.45) is 5.73 Å². The van der Waals surface area contributed by atoms with E-state index in [1.807, 2.05) is 12.1 Å². The average Bonchev–Trinajstić information content (AvgIpc) is 2.47. The number of hydrogen-bond acceptors (Lipinski definition) is 2. The van der Waals surface area contributed by atoms with E-state index < -0.39 is 0 Å². The maximum absolute atomic E-state index is 7.70. The van der Waals surface area contributed by atoms with Crippen LogP contribution in [-0.4, -0.2) is 18.9 Å². The second-order valence-electron chi connectivity index (χ2n) is 5.14. The Morgan fingerprint density at radius 3 is 2.32 bits per heavy atom. The number of nitrogens with one attached hydrogen (secondary N) is 1. The first-order valence-corrected chi connectivity index (χ1v) is 6.88. The third kappa shape index (κ3) is 2.16. The summed E-state index contributed by atoms with van der Waals surface area (Å²) in [4.78, 5) is 2.45. The molecule has 19 heavy (non-hydrogen) atoms. The Labute approximate surface area is 113 Å². The van der Waals surface area contributed by atoms with Gasteiger partial charge in [0.05, 0.1) is 0 Å². The van der Waals surface area contributed by atoms with E-state index in [2.05, 4.69) is 29.2 Å². The van der Waals surface area contributed by atoms with Gasteiger partial charge in [-0.15, -0.1) is 0 Å². The fourth-order valence-electron chi connectivity index (χ4n) is 2.93. The number of nitrogen functional groups attached to an aromatic ring is 1. The first-order valence-electron chi connectivity index (χ1n) is 6.88. The Morgan fingerprint density at radius 1 is 0.947 bits per heavy atom. The van der Waals surface area contributed by atoms with Crippen LogP contribution in [0.25, 0.3) is 10.8 Å². The summed E-state index contributed by atoms with van der Waals surface area (Å²) in [5, 5.41) is 9.98. The van der Waals surface area contributed by atoms with Crippen molar-refractivity contribution < 1.29 is 0 Å². The number of piperidine rings is 1. The van der Waals surface area contributed by atoms with Crippen LogP contribution in [0.15, 0.2) is 36.4 Å². The highest BCUT2D eigenvalue weighted by molar-refractivity contribution is 6.10. The molecule has 0 aromatic heterocycles. The third-order valence-electron chi connectivity index (χ3n) is 3.89. The second kappa shape index (κ2) is 4.92. The van der Waals surface area contributed by atoms with Crippen LogP contribution in [-0.2, 0) is 0 Å². The first kappa shape index (κ1) is 12.0. The maximum Gasteiger partial charge on any atom is 0.123 e. The Kier molecular flexibility index (Phi) is 3.11. The number of nitrogens with zero attached hydrogens (tertiary/aromatic N) is 1. The topological polar surface area (TPSA) is 53.1 Å². The van der Waals surface area contributed by atoms with Gasteiger partial charge in [0.15, 0.2) is 0 Å². The predicted molar refractivity (Wildman–Crippen MR) is 81.0 cm³/mol. The van der Waals surface area contributed by atoms with E-state index in [1.165, 1.54) is 30.3 Å². The number of anilines is 1. The Bertz CT molecular complexity index is 612. The lowest BCUT2D eigenvalue weighted by atomic mass is 10.0. The zero-order valence-corrected chi connectivity index (χ0v) is 11.0. The SMILES string of the molecule is N=C(N)c1ccc(N2CCCCC2)c2ccccc12. The molecule has 3 nitrogen and oxygen atoms in total. The molecule has 0 aliphatic carbocycles. The molecule has 0 atom stereocenters. The van der Waals surface area contributed by atoms with Gasteiger partial charge in [0.25, 0.3) is 0 Å². The van der Waals surface area contributed by atoms with Gasteiger partial charge in [-0.05, 0) is 36.8 Å². The van der Waals surface area contributed by atoms with Gasteiger partial charge in [0.2, 0.25) is 0 Å². The number of hydrogen-bond donors (Lipinski definition) is 2. The van der Waals surface area contributed by atoms with Crippen molar-refractivity contribution in [3.8, 4) is 0 Å². The zero-order chi connectivity index (χ0) is 13.2. The molecule has 0 spiro atoms. The van der Waals surface area contributed by atoms with E-state index in [0.717, 1.165) is 24.0 Å². The highest BCUT2D eigenvalue weighted by Gasteiger charge is 2.15. The van der Waals surface area contributed by atoms with Gasteiger partial charge in [-0.25, -0.2) is 0 Å². The van der Waals surface area contributed by atoms with E-state index in [9.17, 15) is 0 Å². The maximum atomic E-state index is 7.70. The zero-order valence-electron chi connectivity index (χ0n) is 11.0. The van der Waals surface area contributed by atoms with Crippen molar-refractivity contribution in [1.82, 2.24) is 0 Å². The molecule has 1 aliphatic rings. The molecule has 3 heteroatoms. The minimum atomic E-state index is 0.140. The molecule has 3 rings (SSSR count). The number of fused-ring (bicyclic) bond motifs is 1. The summed E-state index contributed by atoms with van der Waals surface area (Å²) >= 11 is 0. The summed E-state index contributed by atoms with van der Waals surface area (Å²) in [6.45, 7) is 2.26. The Morgan fingerprint density at radius 2 is 1.63 bits per heavy atom. The summed E-state index contributed by atoms with van der Waals surface area (Å²) in [6.07, 6.45) is 3.87. The number of amidine groups is 1. The van der Waals surface area contributed by atoms with Crippen molar-refractivity contribution in [1.29, 1.82) is 5.41 Å². The summed E-state index contributed by atoms with van der Waals surface area (Å²) in [5.74, 6) is 0.140. The van der Waals surface area contributed by atoms with Crippen LogP contribution in [0.5, 0.6) is 0 Å². The van der Waals surface area contributed by atoms with Crippen LogP contribution in [0.1, 0.15) is 24.8 Å². The van der Waals surface area contributed by atoms with Crippen LogP contribution >= 0.6 is 0 Å². The molecule has 0 bridgehead atoms. The molecule has 1 aliphatic heterocycles. The van der Waals surface area contributed by atoms with Gasteiger partial charge in [-0.2, -0.15) is 0 Å². The molecule has 0 unspecified atom stereocenters. The molecule has 1 fully saturated rings. The Hall–Kier alpha value is -2.03. The molecule has 2 aromatic rings. The normalized spacial score (nSPS) is 15.7.